The highest BCUT2D eigenvalue weighted by molar-refractivity contribution is 7.89. The van der Waals surface area contributed by atoms with Crippen LogP contribution in [0.2, 0.25) is 0 Å². The molecule has 0 radical (unpaired) electrons. The first-order valence-electron chi connectivity index (χ1n) is 8.37. The first kappa shape index (κ1) is 16.9. The summed E-state index contributed by atoms with van der Waals surface area (Å²) in [6.07, 6.45) is 4.86. The molecule has 0 atom stereocenters. The normalized spacial score (nSPS) is 21.5. The Balaban J connectivity index is 1.82. The monoisotopic (exact) mass is 356 g/mol. The van der Waals surface area contributed by atoms with Gasteiger partial charge in [0.1, 0.15) is 9.77 Å². The largest absolute Gasteiger partial charge is 0.338 e. The Bertz CT molecular complexity index is 655. The lowest BCUT2D eigenvalue weighted by molar-refractivity contribution is 0.0698. The molecule has 3 rings (SSSR count). The van der Waals surface area contributed by atoms with Crippen molar-refractivity contribution in [1.82, 2.24) is 9.21 Å². The number of likely N-dealkylation sites (tertiary alicyclic amines) is 1. The van der Waals surface area contributed by atoms with E-state index in [1.165, 1.54) is 15.6 Å². The zero-order chi connectivity index (χ0) is 16.4. The first-order chi connectivity index (χ1) is 11.0. The third kappa shape index (κ3) is 3.46. The number of thiophene rings is 1. The number of hydrogen-bond acceptors (Lipinski definition) is 4. The fourth-order valence-corrected chi connectivity index (χ4v) is 6.14. The number of hydrogen-bond donors (Lipinski definition) is 0. The van der Waals surface area contributed by atoms with Crippen molar-refractivity contribution in [3.05, 3.63) is 16.3 Å². The average Bonchev–Trinajstić information content (AvgIpc) is 3.06. The molecule has 0 aliphatic carbocycles. The Labute approximate surface area is 142 Å². The highest BCUT2D eigenvalue weighted by Crippen LogP contribution is 2.29. The van der Waals surface area contributed by atoms with Gasteiger partial charge >= 0.3 is 0 Å². The van der Waals surface area contributed by atoms with Gasteiger partial charge in [-0.15, -0.1) is 11.3 Å². The molecule has 0 bridgehead atoms. The molecule has 1 aromatic heterocycles. The van der Waals surface area contributed by atoms with Gasteiger partial charge in [0.25, 0.3) is 5.91 Å². The Kier molecular flexibility index (Phi) is 5.08. The zero-order valence-corrected chi connectivity index (χ0v) is 15.2. The summed E-state index contributed by atoms with van der Waals surface area (Å²) in [7, 11) is -3.55. The summed E-state index contributed by atoms with van der Waals surface area (Å²) in [5.41, 5.74) is 0. The van der Waals surface area contributed by atoms with Gasteiger partial charge in [0.15, 0.2) is 0 Å². The lowest BCUT2D eigenvalue weighted by atomic mass is 9.99. The van der Waals surface area contributed by atoms with Gasteiger partial charge in [0, 0.05) is 26.2 Å². The molecule has 3 heterocycles. The van der Waals surface area contributed by atoms with E-state index in [9.17, 15) is 13.2 Å². The minimum absolute atomic E-state index is 0.123. The van der Waals surface area contributed by atoms with E-state index in [2.05, 4.69) is 6.92 Å². The van der Waals surface area contributed by atoms with E-state index in [4.69, 9.17) is 0 Å². The average molecular weight is 357 g/mol. The van der Waals surface area contributed by atoms with Crippen LogP contribution in [-0.2, 0) is 10.0 Å². The summed E-state index contributed by atoms with van der Waals surface area (Å²) in [6, 6.07) is 1.59. The lowest BCUT2D eigenvalue weighted by Gasteiger charge is -2.30. The van der Waals surface area contributed by atoms with Crippen LogP contribution in [0.5, 0.6) is 0 Å². The Morgan fingerprint density at radius 3 is 2.43 bits per heavy atom. The molecule has 2 fully saturated rings. The van der Waals surface area contributed by atoms with E-state index in [-0.39, 0.29) is 10.8 Å². The molecular weight excluding hydrogens is 332 g/mol. The number of sulfonamides is 1. The molecular formula is C16H24N2O3S2. The number of carbonyl (C=O) groups is 1. The number of nitrogens with zero attached hydrogens (tertiary/aromatic N) is 2. The van der Waals surface area contributed by atoms with Crippen molar-refractivity contribution in [3.8, 4) is 0 Å². The SMILES string of the molecule is CC1CCN(C(=O)c2sccc2S(=O)(=O)N2CCCCC2)CC1. The second kappa shape index (κ2) is 6.91. The van der Waals surface area contributed by atoms with Crippen molar-refractivity contribution >= 4 is 27.3 Å². The Morgan fingerprint density at radius 2 is 1.78 bits per heavy atom. The van der Waals surface area contributed by atoms with Crippen LogP contribution in [-0.4, -0.2) is 49.7 Å². The van der Waals surface area contributed by atoms with Gasteiger partial charge in [-0.05, 0) is 43.0 Å². The predicted octanol–water partition coefficient (Wildman–Crippen LogP) is 2.79. The molecule has 0 spiro atoms. The quantitative estimate of drug-likeness (QED) is 0.837. The van der Waals surface area contributed by atoms with Crippen molar-refractivity contribution in [2.75, 3.05) is 26.2 Å². The van der Waals surface area contributed by atoms with Gasteiger partial charge in [-0.3, -0.25) is 4.79 Å². The number of piperidine rings is 2. The van der Waals surface area contributed by atoms with E-state index in [0.29, 0.717) is 23.9 Å². The van der Waals surface area contributed by atoms with Crippen molar-refractivity contribution in [1.29, 1.82) is 0 Å². The smallest absolute Gasteiger partial charge is 0.265 e. The number of rotatable bonds is 3. The maximum Gasteiger partial charge on any atom is 0.265 e. The lowest BCUT2D eigenvalue weighted by Crippen LogP contribution is -2.39. The molecule has 0 unspecified atom stereocenters. The van der Waals surface area contributed by atoms with E-state index in [1.54, 1.807) is 16.3 Å². The second-order valence-electron chi connectivity index (χ2n) is 6.55. The summed E-state index contributed by atoms with van der Waals surface area (Å²) in [4.78, 5) is 15.2. The van der Waals surface area contributed by atoms with Crippen molar-refractivity contribution in [3.63, 3.8) is 0 Å². The Hall–Kier alpha value is -0.920. The maximum atomic E-state index is 12.9. The van der Waals surface area contributed by atoms with Crippen molar-refractivity contribution in [2.45, 2.75) is 43.9 Å². The van der Waals surface area contributed by atoms with Crippen LogP contribution < -0.4 is 0 Å². The molecule has 2 aliphatic rings. The van der Waals surface area contributed by atoms with Gasteiger partial charge in [0.2, 0.25) is 10.0 Å². The number of carbonyl (C=O) groups excluding carboxylic acids is 1. The summed E-state index contributed by atoms with van der Waals surface area (Å²) in [5, 5.41) is 1.72. The third-order valence-corrected chi connectivity index (χ3v) is 7.80. The maximum absolute atomic E-state index is 12.9. The van der Waals surface area contributed by atoms with Gasteiger partial charge in [-0.2, -0.15) is 4.31 Å². The molecule has 2 aliphatic heterocycles. The van der Waals surface area contributed by atoms with Crippen LogP contribution in [0.1, 0.15) is 48.7 Å². The highest BCUT2D eigenvalue weighted by atomic mass is 32.2. The number of amides is 1. The van der Waals surface area contributed by atoms with E-state index in [0.717, 1.165) is 45.2 Å². The van der Waals surface area contributed by atoms with Gasteiger partial charge in [-0.1, -0.05) is 13.3 Å². The first-order valence-corrected chi connectivity index (χ1v) is 10.7. The summed E-state index contributed by atoms with van der Waals surface area (Å²) < 4.78 is 27.3. The minimum atomic E-state index is -3.55. The molecule has 1 amide bonds. The summed E-state index contributed by atoms with van der Waals surface area (Å²) >= 11 is 1.25. The molecule has 2 saturated heterocycles. The van der Waals surface area contributed by atoms with Crippen LogP contribution in [0.15, 0.2) is 16.3 Å². The zero-order valence-electron chi connectivity index (χ0n) is 13.5. The molecule has 0 N–H and O–H groups in total. The van der Waals surface area contributed by atoms with E-state index in [1.807, 2.05) is 0 Å². The molecule has 0 aromatic carbocycles. The Morgan fingerprint density at radius 1 is 1.13 bits per heavy atom. The standard InChI is InChI=1S/C16H24N2O3S2/c1-13-5-10-17(11-6-13)16(19)15-14(7-12-22-15)23(20,21)18-8-3-2-4-9-18/h7,12-13H,2-6,8-11H2,1H3. The topological polar surface area (TPSA) is 57.7 Å². The molecule has 5 nitrogen and oxygen atoms in total. The predicted molar refractivity (Wildman–Crippen MR) is 91.2 cm³/mol. The van der Waals surface area contributed by atoms with Crippen LogP contribution in [0.4, 0.5) is 0 Å². The van der Waals surface area contributed by atoms with Crippen molar-refractivity contribution in [2.24, 2.45) is 5.92 Å². The van der Waals surface area contributed by atoms with E-state index >= 15 is 0 Å². The van der Waals surface area contributed by atoms with Crippen molar-refractivity contribution < 1.29 is 13.2 Å². The molecule has 128 valence electrons. The minimum Gasteiger partial charge on any atom is -0.338 e. The van der Waals surface area contributed by atoms with Gasteiger partial charge in [-0.25, -0.2) is 8.42 Å². The highest BCUT2D eigenvalue weighted by Gasteiger charge is 2.33. The van der Waals surface area contributed by atoms with Crippen LogP contribution in [0.25, 0.3) is 0 Å². The fraction of sp³-hybridized carbons (Fsp3) is 0.688. The van der Waals surface area contributed by atoms with Crippen LogP contribution in [0, 0.1) is 5.92 Å². The second-order valence-corrected chi connectivity index (χ2v) is 9.38. The summed E-state index contributed by atoms with van der Waals surface area (Å²) in [6.45, 7) is 4.77. The summed E-state index contributed by atoms with van der Waals surface area (Å²) in [5.74, 6) is 0.515. The van der Waals surface area contributed by atoms with Crippen LogP contribution >= 0.6 is 11.3 Å². The third-order valence-electron chi connectivity index (χ3n) is 4.83. The van der Waals surface area contributed by atoms with Crippen LogP contribution in [0.3, 0.4) is 0 Å². The molecule has 23 heavy (non-hydrogen) atoms. The van der Waals surface area contributed by atoms with Gasteiger partial charge < -0.3 is 4.90 Å². The fourth-order valence-electron chi connectivity index (χ4n) is 3.26. The van der Waals surface area contributed by atoms with E-state index < -0.39 is 10.0 Å². The molecule has 0 saturated carbocycles. The molecule has 7 heteroatoms. The van der Waals surface area contributed by atoms with Gasteiger partial charge in [0.05, 0.1) is 0 Å². The molecule has 1 aromatic rings.